The standard InChI is InChI=1S/C37H37N3O.C2HF3O2/c1-40(2)37(41)36-23-31(27-38-24-28-10-5-3-6-11-28)18-21-35(36)34-15-9-12-30(22-34)26-39-25-29-16-19-33(20-17-29)32-13-7-4-8-14-32;3-2(4,5)1(6)7/h3-23,38-39H,24-27H2,1-2H3;(H,6,7). The maximum absolute atomic E-state index is 13.2. The second-order valence-corrected chi connectivity index (χ2v) is 11.3. The fourth-order valence-corrected chi connectivity index (χ4v) is 4.96. The first kappa shape index (κ1) is 35.6. The van der Waals surface area contributed by atoms with Gasteiger partial charge in [-0.2, -0.15) is 13.2 Å². The highest BCUT2D eigenvalue weighted by Crippen LogP contribution is 2.27. The van der Waals surface area contributed by atoms with Gasteiger partial charge in [-0.1, -0.05) is 115 Å². The van der Waals surface area contributed by atoms with Crippen molar-refractivity contribution >= 4 is 11.9 Å². The lowest BCUT2D eigenvalue weighted by Gasteiger charge is -2.17. The van der Waals surface area contributed by atoms with Gasteiger partial charge in [-0.25, -0.2) is 4.79 Å². The molecule has 0 aliphatic heterocycles. The van der Waals surface area contributed by atoms with Crippen LogP contribution in [-0.4, -0.2) is 42.2 Å². The van der Waals surface area contributed by atoms with Gasteiger partial charge in [-0.05, 0) is 56.6 Å². The number of benzene rings is 5. The Morgan fingerprint density at radius 2 is 1.02 bits per heavy atom. The van der Waals surface area contributed by atoms with E-state index in [-0.39, 0.29) is 5.91 Å². The molecule has 248 valence electrons. The molecular formula is C39H38F3N3O3. The molecule has 3 N–H and O–H groups in total. The van der Waals surface area contributed by atoms with Gasteiger partial charge in [0, 0.05) is 45.8 Å². The van der Waals surface area contributed by atoms with E-state index in [1.54, 1.807) is 19.0 Å². The first-order chi connectivity index (χ1) is 23.0. The number of carboxylic acid groups (broad SMARTS) is 1. The number of aliphatic carboxylic acids is 1. The summed E-state index contributed by atoms with van der Waals surface area (Å²) in [6.45, 7) is 3.01. The zero-order valence-electron chi connectivity index (χ0n) is 26.8. The van der Waals surface area contributed by atoms with E-state index in [2.05, 4.69) is 108 Å². The molecule has 0 unspecified atom stereocenters. The predicted octanol–water partition coefficient (Wildman–Crippen LogP) is 7.94. The molecule has 0 bridgehead atoms. The minimum atomic E-state index is -5.08. The van der Waals surface area contributed by atoms with Crippen LogP contribution in [0.15, 0.2) is 127 Å². The molecule has 5 rings (SSSR count). The Kier molecular flexibility index (Phi) is 12.7. The van der Waals surface area contributed by atoms with Crippen molar-refractivity contribution in [1.82, 2.24) is 15.5 Å². The Hall–Kier alpha value is -5.25. The number of alkyl halides is 3. The van der Waals surface area contributed by atoms with Gasteiger partial charge < -0.3 is 20.6 Å². The van der Waals surface area contributed by atoms with Crippen LogP contribution in [0, 0.1) is 0 Å². The van der Waals surface area contributed by atoms with Gasteiger partial charge in [0.2, 0.25) is 0 Å². The summed E-state index contributed by atoms with van der Waals surface area (Å²) in [4.78, 5) is 23.8. The zero-order chi connectivity index (χ0) is 34.5. The van der Waals surface area contributed by atoms with E-state index < -0.39 is 12.1 Å². The molecule has 0 saturated carbocycles. The van der Waals surface area contributed by atoms with E-state index in [1.165, 1.54) is 27.8 Å². The molecule has 0 aliphatic rings. The van der Waals surface area contributed by atoms with Crippen LogP contribution in [0.4, 0.5) is 13.2 Å². The maximum Gasteiger partial charge on any atom is 0.490 e. The van der Waals surface area contributed by atoms with Crippen LogP contribution < -0.4 is 10.6 Å². The predicted molar refractivity (Wildman–Crippen MR) is 183 cm³/mol. The lowest BCUT2D eigenvalue weighted by atomic mass is 9.95. The van der Waals surface area contributed by atoms with Crippen LogP contribution in [0.3, 0.4) is 0 Å². The summed E-state index contributed by atoms with van der Waals surface area (Å²) in [6, 6.07) is 44.2. The summed E-state index contributed by atoms with van der Waals surface area (Å²) in [7, 11) is 3.61. The molecule has 5 aromatic rings. The summed E-state index contributed by atoms with van der Waals surface area (Å²) < 4.78 is 31.7. The molecule has 0 aromatic heterocycles. The van der Waals surface area contributed by atoms with Crippen LogP contribution in [0.25, 0.3) is 22.3 Å². The first-order valence-electron chi connectivity index (χ1n) is 15.3. The van der Waals surface area contributed by atoms with Crippen LogP contribution in [0.5, 0.6) is 0 Å². The highest BCUT2D eigenvalue weighted by Gasteiger charge is 2.38. The van der Waals surface area contributed by atoms with Crippen molar-refractivity contribution in [3.8, 4) is 22.3 Å². The van der Waals surface area contributed by atoms with Gasteiger partial charge in [0.05, 0.1) is 0 Å². The second-order valence-electron chi connectivity index (χ2n) is 11.3. The molecule has 0 spiro atoms. The smallest absolute Gasteiger partial charge is 0.475 e. The summed E-state index contributed by atoms with van der Waals surface area (Å²) in [5.74, 6) is -2.75. The highest BCUT2D eigenvalue weighted by atomic mass is 19.4. The molecule has 0 fully saturated rings. The Balaban J connectivity index is 0.000000671. The first-order valence-corrected chi connectivity index (χ1v) is 15.3. The molecule has 5 aromatic carbocycles. The number of carbonyl (C=O) groups excluding carboxylic acids is 1. The molecule has 48 heavy (non-hydrogen) atoms. The molecule has 9 heteroatoms. The van der Waals surface area contributed by atoms with E-state index in [4.69, 9.17) is 9.90 Å². The molecule has 0 atom stereocenters. The van der Waals surface area contributed by atoms with Gasteiger partial charge in [0.25, 0.3) is 5.91 Å². The van der Waals surface area contributed by atoms with Crippen LogP contribution >= 0.6 is 0 Å². The molecule has 0 aliphatic carbocycles. The normalized spacial score (nSPS) is 10.9. The number of hydrogen-bond donors (Lipinski definition) is 3. The van der Waals surface area contributed by atoms with Gasteiger partial charge in [-0.3, -0.25) is 4.79 Å². The van der Waals surface area contributed by atoms with Crippen molar-refractivity contribution in [1.29, 1.82) is 0 Å². The fraction of sp³-hybridized carbons (Fsp3) is 0.179. The summed E-state index contributed by atoms with van der Waals surface area (Å²) in [6.07, 6.45) is -5.08. The number of rotatable bonds is 11. The quantitative estimate of drug-likeness (QED) is 0.135. The van der Waals surface area contributed by atoms with E-state index >= 15 is 0 Å². The molecule has 1 amide bonds. The third-order valence-electron chi connectivity index (χ3n) is 7.42. The van der Waals surface area contributed by atoms with Gasteiger partial charge in [0.15, 0.2) is 0 Å². The van der Waals surface area contributed by atoms with Crippen LogP contribution in [-0.2, 0) is 31.0 Å². The number of halogens is 3. The summed E-state index contributed by atoms with van der Waals surface area (Å²) >= 11 is 0. The van der Waals surface area contributed by atoms with Gasteiger partial charge >= 0.3 is 12.1 Å². The Labute approximate surface area is 278 Å². The van der Waals surface area contributed by atoms with Crippen molar-refractivity contribution < 1.29 is 27.9 Å². The van der Waals surface area contributed by atoms with E-state index in [9.17, 15) is 18.0 Å². The van der Waals surface area contributed by atoms with Crippen molar-refractivity contribution in [2.45, 2.75) is 32.4 Å². The largest absolute Gasteiger partial charge is 0.490 e. The minimum Gasteiger partial charge on any atom is -0.475 e. The highest BCUT2D eigenvalue weighted by molar-refractivity contribution is 6.01. The topological polar surface area (TPSA) is 81.7 Å². The van der Waals surface area contributed by atoms with Crippen molar-refractivity contribution in [3.63, 3.8) is 0 Å². The lowest BCUT2D eigenvalue weighted by Crippen LogP contribution is -2.23. The van der Waals surface area contributed by atoms with Crippen LogP contribution in [0.1, 0.15) is 32.6 Å². The second kappa shape index (κ2) is 17.1. The maximum atomic E-state index is 13.2. The van der Waals surface area contributed by atoms with E-state index in [0.717, 1.165) is 41.9 Å². The van der Waals surface area contributed by atoms with Crippen molar-refractivity contribution in [2.24, 2.45) is 0 Å². The van der Waals surface area contributed by atoms with Gasteiger partial charge in [-0.15, -0.1) is 0 Å². The molecular weight excluding hydrogens is 615 g/mol. The summed E-state index contributed by atoms with van der Waals surface area (Å²) in [5.41, 5.74) is 9.93. The summed E-state index contributed by atoms with van der Waals surface area (Å²) in [5, 5.41) is 14.2. The van der Waals surface area contributed by atoms with E-state index in [1.807, 2.05) is 30.3 Å². The number of nitrogens with zero attached hydrogens (tertiary/aromatic N) is 1. The Morgan fingerprint density at radius 3 is 1.58 bits per heavy atom. The minimum absolute atomic E-state index is 0.00684. The number of carbonyl (C=O) groups is 2. The Bertz CT molecular complexity index is 1780. The van der Waals surface area contributed by atoms with Crippen LogP contribution in [0.2, 0.25) is 0 Å². The third kappa shape index (κ3) is 10.7. The number of amides is 1. The molecule has 6 nitrogen and oxygen atoms in total. The number of carboxylic acids is 1. The molecule has 0 radical (unpaired) electrons. The Morgan fingerprint density at radius 1 is 0.583 bits per heavy atom. The van der Waals surface area contributed by atoms with E-state index in [0.29, 0.717) is 6.54 Å². The zero-order valence-corrected chi connectivity index (χ0v) is 26.8. The SMILES string of the molecule is CN(C)C(=O)c1cc(CNCc2ccccc2)ccc1-c1cccc(CNCc2ccc(-c3ccccc3)cc2)c1.O=C(O)C(F)(F)F. The molecule has 0 heterocycles. The lowest BCUT2D eigenvalue weighted by molar-refractivity contribution is -0.192. The average Bonchev–Trinajstić information content (AvgIpc) is 3.09. The third-order valence-corrected chi connectivity index (χ3v) is 7.42. The number of hydrogen-bond acceptors (Lipinski definition) is 4. The monoisotopic (exact) mass is 653 g/mol. The van der Waals surface area contributed by atoms with Crippen molar-refractivity contribution in [2.75, 3.05) is 14.1 Å². The average molecular weight is 654 g/mol. The fourth-order valence-electron chi connectivity index (χ4n) is 4.96. The van der Waals surface area contributed by atoms with Crippen molar-refractivity contribution in [3.05, 3.63) is 155 Å². The number of nitrogens with one attached hydrogen (secondary N) is 2. The van der Waals surface area contributed by atoms with Gasteiger partial charge in [0.1, 0.15) is 0 Å². The molecule has 0 saturated heterocycles.